The Morgan fingerprint density at radius 1 is 1.30 bits per heavy atom. The van der Waals surface area contributed by atoms with Crippen molar-refractivity contribution in [2.45, 2.75) is 30.5 Å². The first-order chi connectivity index (χ1) is 8.83. The zero-order valence-electron chi connectivity index (χ0n) is 10.6. The monoisotopic (exact) mass is 375 g/mol. The molecule has 0 fully saturated rings. The SMILES string of the molecule is CC(C)(O)CNS(=O)(=O)c1cc(Br)ccc1C(F)(F)F. The van der Waals surface area contributed by atoms with Gasteiger partial charge in [-0.2, -0.15) is 13.2 Å². The topological polar surface area (TPSA) is 66.4 Å². The molecule has 1 aromatic carbocycles. The summed E-state index contributed by atoms with van der Waals surface area (Å²) < 4.78 is 64.6. The largest absolute Gasteiger partial charge is 0.417 e. The van der Waals surface area contributed by atoms with E-state index in [0.717, 1.165) is 12.1 Å². The third-order valence-electron chi connectivity index (χ3n) is 2.23. The van der Waals surface area contributed by atoms with Gasteiger partial charge < -0.3 is 5.11 Å². The fraction of sp³-hybridized carbons (Fsp3) is 0.455. The average molecular weight is 376 g/mol. The Hall–Kier alpha value is -0.640. The van der Waals surface area contributed by atoms with Crippen LogP contribution < -0.4 is 4.72 Å². The van der Waals surface area contributed by atoms with E-state index in [0.29, 0.717) is 6.07 Å². The van der Waals surface area contributed by atoms with E-state index in [2.05, 4.69) is 15.9 Å². The Kier molecular flexibility index (Phi) is 4.90. The van der Waals surface area contributed by atoms with Gasteiger partial charge in [-0.15, -0.1) is 0 Å². The molecule has 0 aliphatic carbocycles. The molecule has 1 rings (SSSR count). The standard InChI is InChI=1S/C11H13BrF3NO3S/c1-10(2,17)6-16-20(18,19)9-5-7(12)3-4-8(9)11(13,14)15/h3-5,16-17H,6H2,1-2H3. The minimum Gasteiger partial charge on any atom is -0.389 e. The van der Waals surface area contributed by atoms with E-state index in [1.807, 2.05) is 4.72 Å². The van der Waals surface area contributed by atoms with Gasteiger partial charge in [-0.25, -0.2) is 13.1 Å². The molecule has 0 aromatic heterocycles. The number of sulfonamides is 1. The first kappa shape index (κ1) is 17.4. The van der Waals surface area contributed by atoms with Crippen LogP contribution >= 0.6 is 15.9 Å². The van der Waals surface area contributed by atoms with Crippen molar-refractivity contribution in [3.05, 3.63) is 28.2 Å². The molecule has 0 aliphatic rings. The van der Waals surface area contributed by atoms with Crippen molar-refractivity contribution >= 4 is 26.0 Å². The molecule has 0 aliphatic heterocycles. The van der Waals surface area contributed by atoms with Gasteiger partial charge in [0.15, 0.2) is 0 Å². The minimum atomic E-state index is -4.79. The molecule has 0 heterocycles. The summed E-state index contributed by atoms with van der Waals surface area (Å²) in [6, 6.07) is 2.66. The lowest BCUT2D eigenvalue weighted by atomic mass is 10.1. The Morgan fingerprint density at radius 2 is 1.85 bits per heavy atom. The summed E-state index contributed by atoms with van der Waals surface area (Å²) >= 11 is 2.94. The quantitative estimate of drug-likeness (QED) is 0.849. The highest BCUT2D eigenvalue weighted by Crippen LogP contribution is 2.35. The van der Waals surface area contributed by atoms with Crippen LogP contribution in [0.15, 0.2) is 27.6 Å². The highest BCUT2D eigenvalue weighted by atomic mass is 79.9. The molecule has 0 radical (unpaired) electrons. The Balaban J connectivity index is 3.27. The zero-order chi connectivity index (χ0) is 15.8. The molecule has 0 unspecified atom stereocenters. The Labute approximate surface area is 123 Å². The predicted octanol–water partition coefficient (Wildman–Crippen LogP) is 2.52. The van der Waals surface area contributed by atoms with E-state index < -0.39 is 38.8 Å². The molecule has 1 aromatic rings. The third kappa shape index (κ3) is 4.72. The highest BCUT2D eigenvalue weighted by molar-refractivity contribution is 9.10. The van der Waals surface area contributed by atoms with Crippen LogP contribution in [0.1, 0.15) is 19.4 Å². The van der Waals surface area contributed by atoms with E-state index >= 15 is 0 Å². The molecule has 0 saturated carbocycles. The van der Waals surface area contributed by atoms with Crippen LogP contribution in [-0.2, 0) is 16.2 Å². The van der Waals surface area contributed by atoms with Gasteiger partial charge in [-0.3, -0.25) is 0 Å². The number of halogens is 4. The molecule has 0 saturated heterocycles. The first-order valence-corrected chi connectivity index (χ1v) is 7.69. The molecule has 0 amide bonds. The molecule has 2 N–H and O–H groups in total. The minimum absolute atomic E-state index is 0.203. The molecule has 0 bridgehead atoms. The predicted molar refractivity (Wildman–Crippen MR) is 70.6 cm³/mol. The van der Waals surface area contributed by atoms with E-state index in [9.17, 15) is 26.7 Å². The summed E-state index contributed by atoms with van der Waals surface area (Å²) in [4.78, 5) is -0.886. The van der Waals surface area contributed by atoms with Crippen molar-refractivity contribution in [2.24, 2.45) is 0 Å². The maximum absolute atomic E-state index is 12.8. The van der Waals surface area contributed by atoms with Crippen LogP contribution in [0.4, 0.5) is 13.2 Å². The molecule has 20 heavy (non-hydrogen) atoms. The van der Waals surface area contributed by atoms with E-state index in [4.69, 9.17) is 0 Å². The summed E-state index contributed by atoms with van der Waals surface area (Å²) in [6.07, 6.45) is -4.79. The van der Waals surface area contributed by atoms with Crippen molar-refractivity contribution in [3.8, 4) is 0 Å². The van der Waals surface area contributed by atoms with Crippen LogP contribution in [0.5, 0.6) is 0 Å². The molecular formula is C11H13BrF3NO3S. The molecule has 0 atom stereocenters. The van der Waals surface area contributed by atoms with Crippen molar-refractivity contribution < 1.29 is 26.7 Å². The average Bonchev–Trinajstić information content (AvgIpc) is 2.24. The van der Waals surface area contributed by atoms with Crippen molar-refractivity contribution in [1.29, 1.82) is 0 Å². The second-order valence-corrected chi connectivity index (χ2v) is 7.43. The van der Waals surface area contributed by atoms with Crippen LogP contribution in [0.25, 0.3) is 0 Å². The van der Waals surface area contributed by atoms with Crippen LogP contribution in [-0.4, -0.2) is 25.7 Å². The van der Waals surface area contributed by atoms with Gasteiger partial charge in [0.25, 0.3) is 0 Å². The number of nitrogens with one attached hydrogen (secondary N) is 1. The number of aliphatic hydroxyl groups is 1. The number of hydrogen-bond acceptors (Lipinski definition) is 3. The second kappa shape index (κ2) is 5.63. The number of alkyl halides is 3. The zero-order valence-corrected chi connectivity index (χ0v) is 13.0. The fourth-order valence-corrected chi connectivity index (χ4v) is 3.27. The lowest BCUT2D eigenvalue weighted by Crippen LogP contribution is -2.38. The van der Waals surface area contributed by atoms with Gasteiger partial charge in [-0.1, -0.05) is 15.9 Å². The van der Waals surface area contributed by atoms with E-state index in [1.54, 1.807) is 0 Å². The van der Waals surface area contributed by atoms with Crippen LogP contribution in [0.3, 0.4) is 0 Å². The van der Waals surface area contributed by atoms with Crippen LogP contribution in [0, 0.1) is 0 Å². The Bertz CT molecular complexity index is 594. The molecular weight excluding hydrogens is 363 g/mol. The van der Waals surface area contributed by atoms with Gasteiger partial charge in [0.2, 0.25) is 10.0 Å². The van der Waals surface area contributed by atoms with Crippen molar-refractivity contribution in [1.82, 2.24) is 4.72 Å². The lowest BCUT2D eigenvalue weighted by Gasteiger charge is -2.19. The highest BCUT2D eigenvalue weighted by Gasteiger charge is 2.37. The summed E-state index contributed by atoms with van der Waals surface area (Å²) in [5.41, 5.74) is -2.64. The Morgan fingerprint density at radius 3 is 2.30 bits per heavy atom. The van der Waals surface area contributed by atoms with Gasteiger partial charge in [0.05, 0.1) is 16.1 Å². The molecule has 9 heteroatoms. The van der Waals surface area contributed by atoms with Gasteiger partial charge in [0, 0.05) is 11.0 Å². The number of benzene rings is 1. The first-order valence-electron chi connectivity index (χ1n) is 5.42. The lowest BCUT2D eigenvalue weighted by molar-refractivity contribution is -0.139. The van der Waals surface area contributed by atoms with Crippen molar-refractivity contribution in [2.75, 3.05) is 6.54 Å². The van der Waals surface area contributed by atoms with Gasteiger partial charge >= 0.3 is 6.18 Å². The summed E-state index contributed by atoms with van der Waals surface area (Å²) in [7, 11) is -4.39. The molecule has 114 valence electrons. The van der Waals surface area contributed by atoms with Crippen molar-refractivity contribution in [3.63, 3.8) is 0 Å². The third-order valence-corrected chi connectivity index (χ3v) is 4.17. The van der Waals surface area contributed by atoms with E-state index in [-0.39, 0.29) is 4.47 Å². The normalized spacial score (nSPS) is 13.6. The number of rotatable bonds is 4. The molecule has 0 spiro atoms. The summed E-state index contributed by atoms with van der Waals surface area (Å²) in [6.45, 7) is 2.27. The summed E-state index contributed by atoms with van der Waals surface area (Å²) in [5.74, 6) is 0. The second-order valence-electron chi connectivity index (χ2n) is 4.78. The molecule has 4 nitrogen and oxygen atoms in total. The summed E-state index contributed by atoms with van der Waals surface area (Å²) in [5, 5.41) is 9.45. The smallest absolute Gasteiger partial charge is 0.389 e. The maximum Gasteiger partial charge on any atom is 0.417 e. The van der Waals surface area contributed by atoms with Gasteiger partial charge in [0.1, 0.15) is 0 Å². The van der Waals surface area contributed by atoms with Crippen LogP contribution in [0.2, 0.25) is 0 Å². The maximum atomic E-state index is 12.8. The fourth-order valence-electron chi connectivity index (χ4n) is 1.30. The number of hydrogen-bond donors (Lipinski definition) is 2. The van der Waals surface area contributed by atoms with E-state index in [1.165, 1.54) is 13.8 Å². The van der Waals surface area contributed by atoms with Gasteiger partial charge in [-0.05, 0) is 32.0 Å².